The molecule has 0 atom stereocenters. The average Bonchev–Trinajstić information content (AvgIpc) is 3.17. The molecule has 1 fully saturated rings. The highest BCUT2D eigenvalue weighted by molar-refractivity contribution is 6.33. The molecule has 18 heavy (non-hydrogen) atoms. The highest BCUT2D eigenvalue weighted by Crippen LogP contribution is 2.35. The molecule has 0 bridgehead atoms. The van der Waals surface area contributed by atoms with Crippen LogP contribution in [0.5, 0.6) is 0 Å². The van der Waals surface area contributed by atoms with Crippen molar-refractivity contribution in [3.8, 4) is 0 Å². The highest BCUT2D eigenvalue weighted by atomic mass is 35.5. The summed E-state index contributed by atoms with van der Waals surface area (Å²) in [5.74, 6) is 0. The van der Waals surface area contributed by atoms with Gasteiger partial charge in [0.2, 0.25) is 0 Å². The largest absolute Gasteiger partial charge is 0.383 e. The van der Waals surface area contributed by atoms with Crippen LogP contribution in [0.1, 0.15) is 18.4 Å². The van der Waals surface area contributed by atoms with Gasteiger partial charge in [0.15, 0.2) is 0 Å². The Hall–Kier alpha value is -0.770. The smallest absolute Gasteiger partial charge is 0.0642 e. The van der Waals surface area contributed by atoms with Crippen LogP contribution in [0.2, 0.25) is 5.02 Å². The number of benzene rings is 1. The van der Waals surface area contributed by atoms with Crippen LogP contribution in [0.4, 0.5) is 5.69 Å². The third kappa shape index (κ3) is 3.37. The Morgan fingerprint density at radius 3 is 2.78 bits per heavy atom. The third-order valence-electron chi connectivity index (χ3n) is 3.23. The predicted octanol–water partition coefficient (Wildman–Crippen LogP) is 2.67. The second kappa shape index (κ2) is 6.41. The summed E-state index contributed by atoms with van der Waals surface area (Å²) in [5, 5.41) is 3.98. The summed E-state index contributed by atoms with van der Waals surface area (Å²) in [4.78, 5) is 2.37. The minimum Gasteiger partial charge on any atom is -0.383 e. The van der Waals surface area contributed by atoms with Crippen molar-refractivity contribution in [3.63, 3.8) is 0 Å². The van der Waals surface area contributed by atoms with Crippen LogP contribution in [-0.2, 0) is 11.3 Å². The van der Waals surface area contributed by atoms with Crippen molar-refractivity contribution < 1.29 is 4.74 Å². The van der Waals surface area contributed by atoms with E-state index in [9.17, 15) is 0 Å². The van der Waals surface area contributed by atoms with Crippen molar-refractivity contribution in [2.24, 2.45) is 0 Å². The van der Waals surface area contributed by atoms with E-state index >= 15 is 0 Å². The zero-order valence-corrected chi connectivity index (χ0v) is 11.8. The van der Waals surface area contributed by atoms with E-state index in [1.807, 2.05) is 7.05 Å². The summed E-state index contributed by atoms with van der Waals surface area (Å²) >= 11 is 6.40. The second-order valence-corrected chi connectivity index (χ2v) is 5.14. The summed E-state index contributed by atoms with van der Waals surface area (Å²) < 4.78 is 5.18. The van der Waals surface area contributed by atoms with Gasteiger partial charge in [-0.1, -0.05) is 17.7 Å². The molecule has 1 aromatic rings. The molecule has 100 valence electrons. The Kier molecular flexibility index (Phi) is 4.87. The summed E-state index contributed by atoms with van der Waals surface area (Å²) in [6.07, 6.45) is 2.52. The fraction of sp³-hybridized carbons (Fsp3) is 0.571. The molecular weight excluding hydrogens is 248 g/mol. The van der Waals surface area contributed by atoms with Gasteiger partial charge < -0.3 is 15.0 Å². The van der Waals surface area contributed by atoms with Gasteiger partial charge in [-0.05, 0) is 37.6 Å². The number of rotatable bonds is 7. The van der Waals surface area contributed by atoms with Gasteiger partial charge in [-0.2, -0.15) is 0 Å². The number of hydrogen-bond donors (Lipinski definition) is 1. The van der Waals surface area contributed by atoms with Crippen LogP contribution in [0.3, 0.4) is 0 Å². The Labute approximate surface area is 114 Å². The number of halogens is 1. The lowest BCUT2D eigenvalue weighted by atomic mass is 10.2. The molecule has 1 N–H and O–H groups in total. The van der Waals surface area contributed by atoms with Crippen molar-refractivity contribution in [1.29, 1.82) is 0 Å². The lowest BCUT2D eigenvalue weighted by molar-refractivity contribution is 0.205. The molecular formula is C14H21ClN2O. The predicted molar refractivity (Wildman–Crippen MR) is 76.5 cm³/mol. The third-order valence-corrected chi connectivity index (χ3v) is 3.53. The molecule has 2 rings (SSSR count). The molecule has 1 aromatic carbocycles. The average molecular weight is 269 g/mol. The van der Waals surface area contributed by atoms with Gasteiger partial charge in [0.25, 0.3) is 0 Å². The Morgan fingerprint density at radius 1 is 1.44 bits per heavy atom. The highest BCUT2D eigenvalue weighted by Gasteiger charge is 2.30. The van der Waals surface area contributed by atoms with Crippen molar-refractivity contribution in [2.75, 3.05) is 32.2 Å². The summed E-state index contributed by atoms with van der Waals surface area (Å²) in [7, 11) is 3.68. The van der Waals surface area contributed by atoms with Crippen LogP contribution in [0, 0.1) is 0 Å². The molecule has 1 saturated carbocycles. The summed E-state index contributed by atoms with van der Waals surface area (Å²) in [6.45, 7) is 2.50. The molecule has 0 unspecified atom stereocenters. The first-order chi connectivity index (χ1) is 8.76. The monoisotopic (exact) mass is 268 g/mol. The molecule has 0 aromatic heterocycles. The van der Waals surface area contributed by atoms with E-state index in [2.05, 4.69) is 28.4 Å². The lowest BCUT2D eigenvalue weighted by Crippen LogP contribution is -2.29. The quantitative estimate of drug-likeness (QED) is 0.823. The number of nitrogens with one attached hydrogen (secondary N) is 1. The topological polar surface area (TPSA) is 24.5 Å². The van der Waals surface area contributed by atoms with E-state index < -0.39 is 0 Å². The van der Waals surface area contributed by atoms with Gasteiger partial charge in [0, 0.05) is 26.2 Å². The second-order valence-electron chi connectivity index (χ2n) is 4.73. The molecule has 4 heteroatoms. The number of hydrogen-bond acceptors (Lipinski definition) is 3. The van der Waals surface area contributed by atoms with E-state index in [1.54, 1.807) is 7.11 Å². The van der Waals surface area contributed by atoms with Crippen molar-refractivity contribution in [1.82, 2.24) is 5.32 Å². The van der Waals surface area contributed by atoms with Crippen molar-refractivity contribution in [3.05, 3.63) is 28.8 Å². The maximum absolute atomic E-state index is 6.40. The van der Waals surface area contributed by atoms with Crippen LogP contribution in [-0.4, -0.2) is 33.4 Å². The zero-order valence-electron chi connectivity index (χ0n) is 11.1. The standard InChI is InChI=1S/C14H21ClN2O/c1-16-10-11-3-6-14(13(15)9-11)17(7-8-18-2)12-4-5-12/h3,6,9,12,16H,4-5,7-8,10H2,1-2H3. The van der Waals surface area contributed by atoms with E-state index in [-0.39, 0.29) is 0 Å². The molecule has 0 radical (unpaired) electrons. The Morgan fingerprint density at radius 2 is 2.22 bits per heavy atom. The maximum atomic E-state index is 6.40. The molecule has 3 nitrogen and oxygen atoms in total. The Bertz CT molecular complexity index is 393. The zero-order chi connectivity index (χ0) is 13.0. The van der Waals surface area contributed by atoms with Crippen molar-refractivity contribution >= 4 is 17.3 Å². The van der Waals surface area contributed by atoms with Crippen LogP contribution >= 0.6 is 11.6 Å². The number of ether oxygens (including phenoxy) is 1. The molecule has 0 amide bonds. The van der Waals surface area contributed by atoms with Crippen LogP contribution in [0.15, 0.2) is 18.2 Å². The van der Waals surface area contributed by atoms with Gasteiger partial charge in [0.05, 0.1) is 17.3 Å². The molecule has 0 aliphatic heterocycles. The number of anilines is 1. The van der Waals surface area contributed by atoms with Gasteiger partial charge in [-0.25, -0.2) is 0 Å². The SMILES string of the molecule is CNCc1ccc(N(CCOC)C2CC2)c(Cl)c1. The first-order valence-electron chi connectivity index (χ1n) is 6.45. The summed E-state index contributed by atoms with van der Waals surface area (Å²) in [6, 6.07) is 6.96. The molecule has 1 aliphatic carbocycles. The molecule has 0 saturated heterocycles. The lowest BCUT2D eigenvalue weighted by Gasteiger charge is -2.25. The normalized spacial score (nSPS) is 14.8. The van der Waals surface area contributed by atoms with Gasteiger partial charge in [-0.3, -0.25) is 0 Å². The van der Waals surface area contributed by atoms with E-state index in [0.717, 1.165) is 30.4 Å². The van der Waals surface area contributed by atoms with E-state index in [4.69, 9.17) is 16.3 Å². The maximum Gasteiger partial charge on any atom is 0.0642 e. The molecule has 0 spiro atoms. The minimum absolute atomic E-state index is 0.646. The molecule has 0 heterocycles. The van der Waals surface area contributed by atoms with Crippen molar-refractivity contribution in [2.45, 2.75) is 25.4 Å². The minimum atomic E-state index is 0.646. The fourth-order valence-electron chi connectivity index (χ4n) is 2.17. The first kappa shape index (κ1) is 13.7. The van der Waals surface area contributed by atoms with Crippen LogP contribution < -0.4 is 10.2 Å². The van der Waals surface area contributed by atoms with E-state index in [0.29, 0.717) is 6.04 Å². The number of methoxy groups -OCH3 is 1. The number of nitrogens with zero attached hydrogens (tertiary/aromatic N) is 1. The summed E-state index contributed by atoms with van der Waals surface area (Å²) in [5.41, 5.74) is 2.35. The van der Waals surface area contributed by atoms with Gasteiger partial charge in [0.1, 0.15) is 0 Å². The van der Waals surface area contributed by atoms with Crippen LogP contribution in [0.25, 0.3) is 0 Å². The first-order valence-corrected chi connectivity index (χ1v) is 6.82. The molecule has 1 aliphatic rings. The van der Waals surface area contributed by atoms with Gasteiger partial charge in [-0.15, -0.1) is 0 Å². The van der Waals surface area contributed by atoms with Gasteiger partial charge >= 0.3 is 0 Å². The Balaban J connectivity index is 2.13. The fourth-order valence-corrected chi connectivity index (χ4v) is 2.48. The van der Waals surface area contributed by atoms with E-state index in [1.165, 1.54) is 18.4 Å².